The van der Waals surface area contributed by atoms with Crippen LogP contribution in [0, 0.1) is 7.14 Å². The van der Waals surface area contributed by atoms with Gasteiger partial charge in [0.1, 0.15) is 23.3 Å². The molecule has 0 aliphatic heterocycles. The minimum absolute atomic E-state index is 0.216. The number of halogens is 3. The molecule has 2 rings (SSSR count). The number of carbonyl (C=O) groups is 1. The molecule has 0 spiro atoms. The molecule has 0 fully saturated rings. The number of carboxylic acid groups (broad SMARTS) is 1. The average molecular weight is 651 g/mol. The summed E-state index contributed by atoms with van der Waals surface area (Å²) in [5.41, 5.74) is 6.46. The van der Waals surface area contributed by atoms with Crippen molar-refractivity contribution in [1.29, 1.82) is 0 Å². The van der Waals surface area contributed by atoms with Crippen LogP contribution in [0.4, 0.5) is 0 Å². The van der Waals surface area contributed by atoms with Gasteiger partial charge in [-0.05, 0) is 75.0 Å². The Hall–Kier alpha value is -0.340. The van der Waals surface area contributed by atoms with Crippen molar-refractivity contribution in [3.05, 3.63) is 49.1 Å². The maximum absolute atomic E-state index is 10.9. The van der Waals surface area contributed by atoms with Crippen molar-refractivity contribution in [3.8, 4) is 17.2 Å². The SMILES string of the molecule is N[C@@H](C(=O)O)[C@@H](I)c1ccc(Oc2ccc(O)c(I)c2I)cc1. The van der Waals surface area contributed by atoms with E-state index < -0.39 is 12.0 Å². The summed E-state index contributed by atoms with van der Waals surface area (Å²) in [6.07, 6.45) is 0. The standard InChI is InChI=1S/C15H12I3NO4/c16-11(14(19)15(21)22)7-1-3-8(4-2-7)23-10-6-5-9(20)12(17)13(10)18/h1-6,11,14,20H,19H2,(H,21,22)/t11-,14+/m0/s1. The van der Waals surface area contributed by atoms with Crippen LogP contribution in [0.2, 0.25) is 0 Å². The molecule has 0 saturated heterocycles. The van der Waals surface area contributed by atoms with Crippen LogP contribution in [0.25, 0.3) is 0 Å². The van der Waals surface area contributed by atoms with Gasteiger partial charge >= 0.3 is 5.97 Å². The fourth-order valence-electron chi connectivity index (χ4n) is 1.78. The van der Waals surface area contributed by atoms with Crippen molar-refractivity contribution < 1.29 is 19.7 Å². The van der Waals surface area contributed by atoms with Crippen LogP contribution in [0.1, 0.15) is 9.49 Å². The van der Waals surface area contributed by atoms with E-state index in [2.05, 4.69) is 45.2 Å². The zero-order chi connectivity index (χ0) is 17.1. The molecular weight excluding hydrogens is 639 g/mol. The summed E-state index contributed by atoms with van der Waals surface area (Å²) in [4.78, 5) is 10.9. The Morgan fingerprint density at radius 2 is 1.70 bits per heavy atom. The molecule has 0 aliphatic carbocycles. The number of carboxylic acids is 1. The number of aliphatic carboxylic acids is 1. The van der Waals surface area contributed by atoms with E-state index in [0.29, 0.717) is 11.5 Å². The van der Waals surface area contributed by atoms with E-state index in [1.54, 1.807) is 36.4 Å². The summed E-state index contributed by atoms with van der Waals surface area (Å²) in [7, 11) is 0. The van der Waals surface area contributed by atoms with Crippen LogP contribution in [0.3, 0.4) is 0 Å². The molecular formula is C15H12I3NO4. The average Bonchev–Trinajstić information content (AvgIpc) is 2.54. The number of ether oxygens (including phenoxy) is 1. The second kappa shape index (κ2) is 8.16. The molecule has 0 aliphatic rings. The lowest BCUT2D eigenvalue weighted by Gasteiger charge is -2.15. The molecule has 122 valence electrons. The van der Waals surface area contributed by atoms with E-state index >= 15 is 0 Å². The normalized spacial score (nSPS) is 13.4. The zero-order valence-corrected chi connectivity index (χ0v) is 18.0. The van der Waals surface area contributed by atoms with Crippen molar-refractivity contribution in [2.45, 2.75) is 9.97 Å². The number of hydrogen-bond donors (Lipinski definition) is 3. The second-order valence-corrected chi connectivity index (χ2v) is 8.15. The van der Waals surface area contributed by atoms with Crippen LogP contribution in [-0.4, -0.2) is 22.2 Å². The van der Waals surface area contributed by atoms with Crippen LogP contribution in [0.15, 0.2) is 36.4 Å². The van der Waals surface area contributed by atoms with Gasteiger partial charge in [0, 0.05) is 0 Å². The highest BCUT2D eigenvalue weighted by atomic mass is 127. The van der Waals surface area contributed by atoms with Crippen LogP contribution in [0.5, 0.6) is 17.2 Å². The second-order valence-electron chi connectivity index (χ2n) is 4.65. The van der Waals surface area contributed by atoms with Crippen molar-refractivity contribution >= 4 is 73.7 Å². The lowest BCUT2D eigenvalue weighted by Crippen LogP contribution is -2.33. The Labute approximate surface area is 174 Å². The number of benzene rings is 2. The number of aromatic hydroxyl groups is 1. The monoisotopic (exact) mass is 651 g/mol. The fourth-order valence-corrected chi connectivity index (χ4v) is 3.51. The highest BCUT2D eigenvalue weighted by Gasteiger charge is 2.23. The van der Waals surface area contributed by atoms with E-state index in [1.165, 1.54) is 0 Å². The quantitative estimate of drug-likeness (QED) is 0.332. The van der Waals surface area contributed by atoms with Crippen molar-refractivity contribution in [2.24, 2.45) is 5.73 Å². The van der Waals surface area contributed by atoms with E-state index in [4.69, 9.17) is 15.6 Å². The third-order valence-corrected chi connectivity index (χ3v) is 7.74. The summed E-state index contributed by atoms with van der Waals surface area (Å²) in [6, 6.07) is 9.47. The van der Waals surface area contributed by atoms with E-state index in [0.717, 1.165) is 12.7 Å². The molecule has 2 aromatic rings. The van der Waals surface area contributed by atoms with Gasteiger partial charge in [0.2, 0.25) is 0 Å². The van der Waals surface area contributed by atoms with Gasteiger partial charge in [0.05, 0.1) is 11.1 Å². The molecule has 2 atom stereocenters. The topological polar surface area (TPSA) is 92.8 Å². The van der Waals surface area contributed by atoms with E-state index in [9.17, 15) is 9.90 Å². The number of rotatable bonds is 5. The molecule has 0 bridgehead atoms. The maximum Gasteiger partial charge on any atom is 0.321 e. The molecule has 0 radical (unpaired) electrons. The molecule has 0 saturated carbocycles. The lowest BCUT2D eigenvalue weighted by atomic mass is 10.1. The van der Waals surface area contributed by atoms with Crippen LogP contribution >= 0.6 is 67.8 Å². The number of nitrogens with two attached hydrogens (primary N) is 1. The first kappa shape index (κ1) is 19.0. The van der Waals surface area contributed by atoms with Crippen molar-refractivity contribution in [2.75, 3.05) is 0 Å². The van der Waals surface area contributed by atoms with Gasteiger partial charge in [0.15, 0.2) is 0 Å². The predicted molar refractivity (Wildman–Crippen MR) is 112 cm³/mol. The molecule has 23 heavy (non-hydrogen) atoms. The van der Waals surface area contributed by atoms with E-state index in [1.807, 2.05) is 22.6 Å². The molecule has 0 unspecified atom stereocenters. The van der Waals surface area contributed by atoms with Gasteiger partial charge < -0.3 is 20.7 Å². The Balaban J connectivity index is 2.18. The zero-order valence-electron chi connectivity index (χ0n) is 11.5. The number of phenolic OH excluding ortho intramolecular Hbond substituents is 1. The third kappa shape index (κ3) is 4.60. The minimum Gasteiger partial charge on any atom is -0.507 e. The van der Waals surface area contributed by atoms with Crippen molar-refractivity contribution in [1.82, 2.24) is 0 Å². The van der Waals surface area contributed by atoms with Gasteiger partial charge in [-0.1, -0.05) is 34.7 Å². The molecule has 0 heterocycles. The Kier molecular flexibility index (Phi) is 6.74. The van der Waals surface area contributed by atoms with Gasteiger partial charge in [-0.2, -0.15) is 0 Å². The van der Waals surface area contributed by atoms with Gasteiger partial charge in [-0.25, -0.2) is 0 Å². The first-order valence-electron chi connectivity index (χ1n) is 6.38. The van der Waals surface area contributed by atoms with E-state index in [-0.39, 0.29) is 9.67 Å². The van der Waals surface area contributed by atoms with Gasteiger partial charge in [-0.15, -0.1) is 0 Å². The predicted octanol–water partition coefficient (Wildman–Crippen LogP) is 4.28. The Bertz CT molecular complexity index is 721. The Morgan fingerprint density at radius 3 is 2.26 bits per heavy atom. The summed E-state index contributed by atoms with van der Waals surface area (Å²) in [6.45, 7) is 0. The first-order valence-corrected chi connectivity index (χ1v) is 9.78. The van der Waals surface area contributed by atoms with Gasteiger partial charge in [-0.3, -0.25) is 4.79 Å². The minimum atomic E-state index is -1.03. The third-order valence-electron chi connectivity index (χ3n) is 3.05. The maximum atomic E-state index is 10.9. The van der Waals surface area contributed by atoms with Gasteiger partial charge in [0.25, 0.3) is 0 Å². The number of alkyl halides is 1. The number of hydrogen-bond acceptors (Lipinski definition) is 4. The molecule has 5 nitrogen and oxygen atoms in total. The lowest BCUT2D eigenvalue weighted by molar-refractivity contribution is -0.138. The summed E-state index contributed by atoms with van der Waals surface area (Å²) in [5, 5.41) is 18.6. The number of phenols is 1. The molecule has 0 aromatic heterocycles. The molecule has 0 amide bonds. The summed E-state index contributed by atoms with van der Waals surface area (Å²) in [5.74, 6) is 0.459. The fraction of sp³-hybridized carbons (Fsp3) is 0.133. The smallest absolute Gasteiger partial charge is 0.321 e. The summed E-state index contributed by atoms with van der Waals surface area (Å²) < 4.78 is 7.05. The van der Waals surface area contributed by atoms with Crippen molar-refractivity contribution in [3.63, 3.8) is 0 Å². The highest BCUT2D eigenvalue weighted by Crippen LogP contribution is 2.35. The Morgan fingerprint density at radius 1 is 1.09 bits per heavy atom. The first-order chi connectivity index (χ1) is 10.8. The molecule has 2 aromatic carbocycles. The van der Waals surface area contributed by atoms with Crippen LogP contribution < -0.4 is 10.5 Å². The highest BCUT2D eigenvalue weighted by molar-refractivity contribution is 14.1. The molecule has 8 heteroatoms. The summed E-state index contributed by atoms with van der Waals surface area (Å²) >= 11 is 6.19. The van der Waals surface area contributed by atoms with Crippen LogP contribution in [-0.2, 0) is 4.79 Å². The largest absolute Gasteiger partial charge is 0.507 e. The molecule has 4 N–H and O–H groups in total.